The predicted molar refractivity (Wildman–Crippen MR) is 53.4 cm³/mol. The molecular formula is C10H15NS. The second kappa shape index (κ2) is 2.86. The molecule has 66 valence electrons. The predicted octanol–water partition coefficient (Wildman–Crippen LogP) is 2.77. The summed E-state index contributed by atoms with van der Waals surface area (Å²) in [6.07, 6.45) is 2.66. The van der Waals surface area contributed by atoms with Crippen LogP contribution in [0.15, 0.2) is 6.07 Å². The van der Waals surface area contributed by atoms with Crippen molar-refractivity contribution in [3.63, 3.8) is 0 Å². The van der Waals surface area contributed by atoms with Gasteiger partial charge in [-0.15, -0.1) is 11.3 Å². The van der Waals surface area contributed by atoms with E-state index in [1.165, 1.54) is 28.2 Å². The molecule has 2 heteroatoms. The van der Waals surface area contributed by atoms with Gasteiger partial charge in [-0.25, -0.2) is 0 Å². The Hall–Kier alpha value is -0.340. The molecule has 1 fully saturated rings. The number of nitrogens with two attached hydrogens (primary N) is 1. The molecule has 2 rings (SSSR count). The Morgan fingerprint density at radius 3 is 2.58 bits per heavy atom. The Bertz CT molecular complexity index is 267. The lowest BCUT2D eigenvalue weighted by atomic mass is 10.1. The number of rotatable bonds is 2. The first-order valence-corrected chi connectivity index (χ1v) is 5.32. The number of hydrogen-bond donors (Lipinski definition) is 1. The molecule has 1 heterocycles. The normalized spacial score (nSPS) is 19.6. The van der Waals surface area contributed by atoms with Gasteiger partial charge in [-0.2, -0.15) is 0 Å². The molecular weight excluding hydrogens is 166 g/mol. The lowest BCUT2D eigenvalue weighted by Crippen LogP contribution is -2.10. The minimum atomic E-state index is 0.322. The van der Waals surface area contributed by atoms with Gasteiger partial charge in [0.25, 0.3) is 0 Å². The van der Waals surface area contributed by atoms with Gasteiger partial charge in [0, 0.05) is 15.8 Å². The highest BCUT2D eigenvalue weighted by molar-refractivity contribution is 7.12. The van der Waals surface area contributed by atoms with Crippen LogP contribution in [0.25, 0.3) is 0 Å². The summed E-state index contributed by atoms with van der Waals surface area (Å²) in [7, 11) is 0. The van der Waals surface area contributed by atoms with Gasteiger partial charge in [0.05, 0.1) is 0 Å². The van der Waals surface area contributed by atoms with E-state index in [1.807, 2.05) is 11.3 Å². The van der Waals surface area contributed by atoms with Crippen LogP contribution in [0.5, 0.6) is 0 Å². The zero-order valence-corrected chi connectivity index (χ0v) is 8.45. The Morgan fingerprint density at radius 2 is 2.17 bits per heavy atom. The summed E-state index contributed by atoms with van der Waals surface area (Å²) in [6.45, 7) is 4.33. The van der Waals surface area contributed by atoms with Crippen molar-refractivity contribution in [1.29, 1.82) is 0 Å². The smallest absolute Gasteiger partial charge is 0.0418 e. The van der Waals surface area contributed by atoms with Crippen LogP contribution in [0.2, 0.25) is 0 Å². The van der Waals surface area contributed by atoms with E-state index in [2.05, 4.69) is 19.9 Å². The molecule has 0 radical (unpaired) electrons. The molecule has 1 aromatic rings. The first kappa shape index (κ1) is 8.27. The van der Waals surface area contributed by atoms with Gasteiger partial charge in [0.15, 0.2) is 0 Å². The first-order valence-electron chi connectivity index (χ1n) is 4.51. The van der Waals surface area contributed by atoms with Crippen LogP contribution in [0.3, 0.4) is 0 Å². The maximum atomic E-state index is 6.09. The zero-order valence-electron chi connectivity index (χ0n) is 7.63. The minimum Gasteiger partial charge on any atom is -0.323 e. The summed E-state index contributed by atoms with van der Waals surface area (Å²) in [4.78, 5) is 2.80. The molecule has 0 spiro atoms. The van der Waals surface area contributed by atoms with E-state index in [0.717, 1.165) is 5.92 Å². The van der Waals surface area contributed by atoms with Crippen molar-refractivity contribution in [2.75, 3.05) is 0 Å². The number of thiophene rings is 1. The van der Waals surface area contributed by atoms with Crippen molar-refractivity contribution in [1.82, 2.24) is 0 Å². The van der Waals surface area contributed by atoms with Crippen LogP contribution in [-0.2, 0) is 0 Å². The van der Waals surface area contributed by atoms with Gasteiger partial charge in [0.1, 0.15) is 0 Å². The number of hydrogen-bond acceptors (Lipinski definition) is 2. The third-order valence-corrected chi connectivity index (χ3v) is 3.90. The largest absolute Gasteiger partial charge is 0.323 e. The van der Waals surface area contributed by atoms with Crippen LogP contribution < -0.4 is 5.73 Å². The number of aryl methyl sites for hydroxylation is 2. The summed E-state index contributed by atoms with van der Waals surface area (Å²) < 4.78 is 0. The fraction of sp³-hybridized carbons (Fsp3) is 0.600. The molecule has 0 amide bonds. The van der Waals surface area contributed by atoms with Crippen molar-refractivity contribution in [3.8, 4) is 0 Å². The molecule has 0 unspecified atom stereocenters. The van der Waals surface area contributed by atoms with Crippen LogP contribution in [0.4, 0.5) is 0 Å². The summed E-state index contributed by atoms with van der Waals surface area (Å²) in [6, 6.07) is 2.57. The molecule has 0 aliphatic heterocycles. The monoisotopic (exact) mass is 181 g/mol. The lowest BCUT2D eigenvalue weighted by Gasteiger charge is -2.05. The van der Waals surface area contributed by atoms with Crippen molar-refractivity contribution in [2.45, 2.75) is 32.7 Å². The topological polar surface area (TPSA) is 26.0 Å². The summed E-state index contributed by atoms with van der Waals surface area (Å²) in [5, 5.41) is 0. The molecule has 0 bridgehead atoms. The van der Waals surface area contributed by atoms with E-state index in [9.17, 15) is 0 Å². The maximum Gasteiger partial charge on any atom is 0.0418 e. The summed E-state index contributed by atoms with van der Waals surface area (Å²) in [5.74, 6) is 0.780. The van der Waals surface area contributed by atoms with E-state index in [1.54, 1.807) is 0 Å². The Morgan fingerprint density at radius 1 is 1.50 bits per heavy atom. The molecule has 0 aromatic carbocycles. The lowest BCUT2D eigenvalue weighted by molar-refractivity contribution is 0.644. The van der Waals surface area contributed by atoms with E-state index >= 15 is 0 Å². The second-order valence-corrected chi connectivity index (χ2v) is 5.04. The van der Waals surface area contributed by atoms with Gasteiger partial charge in [0.2, 0.25) is 0 Å². The second-order valence-electron chi connectivity index (χ2n) is 3.75. The fourth-order valence-corrected chi connectivity index (χ4v) is 2.59. The quantitative estimate of drug-likeness (QED) is 0.746. The van der Waals surface area contributed by atoms with Gasteiger partial charge in [-0.1, -0.05) is 0 Å². The van der Waals surface area contributed by atoms with Crippen molar-refractivity contribution < 1.29 is 0 Å². The van der Waals surface area contributed by atoms with Crippen LogP contribution in [0.1, 0.15) is 34.2 Å². The van der Waals surface area contributed by atoms with Gasteiger partial charge < -0.3 is 5.73 Å². The molecule has 2 N–H and O–H groups in total. The van der Waals surface area contributed by atoms with Gasteiger partial charge >= 0.3 is 0 Å². The molecule has 12 heavy (non-hydrogen) atoms. The Balaban J connectivity index is 2.21. The van der Waals surface area contributed by atoms with Crippen molar-refractivity contribution in [3.05, 3.63) is 21.4 Å². The molecule has 0 saturated heterocycles. The zero-order chi connectivity index (χ0) is 8.72. The molecule has 1 aromatic heterocycles. The van der Waals surface area contributed by atoms with E-state index in [-0.39, 0.29) is 0 Å². The van der Waals surface area contributed by atoms with Crippen LogP contribution in [-0.4, -0.2) is 0 Å². The minimum absolute atomic E-state index is 0.322. The fourth-order valence-electron chi connectivity index (χ4n) is 1.45. The average Bonchev–Trinajstić information content (AvgIpc) is 2.80. The van der Waals surface area contributed by atoms with Gasteiger partial charge in [-0.05, 0) is 44.2 Å². The molecule has 1 aliphatic carbocycles. The summed E-state index contributed by atoms with van der Waals surface area (Å²) in [5.41, 5.74) is 7.49. The molecule has 1 atom stereocenters. The van der Waals surface area contributed by atoms with Crippen LogP contribution in [0, 0.1) is 19.8 Å². The van der Waals surface area contributed by atoms with E-state index in [0.29, 0.717) is 6.04 Å². The average molecular weight is 181 g/mol. The van der Waals surface area contributed by atoms with Crippen molar-refractivity contribution >= 4 is 11.3 Å². The molecule has 1 nitrogen and oxygen atoms in total. The van der Waals surface area contributed by atoms with Crippen LogP contribution >= 0.6 is 11.3 Å². The Kier molecular flexibility index (Phi) is 1.97. The first-order chi connectivity index (χ1) is 5.68. The highest BCUT2D eigenvalue weighted by Crippen LogP contribution is 2.41. The van der Waals surface area contributed by atoms with E-state index < -0.39 is 0 Å². The maximum absolute atomic E-state index is 6.09. The highest BCUT2D eigenvalue weighted by Gasteiger charge is 2.30. The third kappa shape index (κ3) is 1.41. The standard InChI is InChI=1S/C10H15NS/c1-6-5-9(12-7(6)2)10(11)8-3-4-8/h5,8,10H,3-4,11H2,1-2H3/t10-/m1/s1. The van der Waals surface area contributed by atoms with Crippen molar-refractivity contribution in [2.24, 2.45) is 11.7 Å². The molecule has 1 aliphatic rings. The van der Waals surface area contributed by atoms with Gasteiger partial charge in [-0.3, -0.25) is 0 Å². The van der Waals surface area contributed by atoms with E-state index in [4.69, 9.17) is 5.73 Å². The highest BCUT2D eigenvalue weighted by atomic mass is 32.1. The SMILES string of the molecule is Cc1cc([C@H](N)C2CC2)sc1C. The Labute approximate surface area is 77.6 Å². The third-order valence-electron chi connectivity index (χ3n) is 2.64. The molecule has 1 saturated carbocycles. The summed E-state index contributed by atoms with van der Waals surface area (Å²) >= 11 is 1.87.